The summed E-state index contributed by atoms with van der Waals surface area (Å²) < 4.78 is 0. The van der Waals surface area contributed by atoms with Gasteiger partial charge in [-0.25, -0.2) is 0 Å². The molecule has 0 aromatic rings. The lowest BCUT2D eigenvalue weighted by molar-refractivity contribution is -0.133. The zero-order chi connectivity index (χ0) is 10.8. The standard InChI is InChI=1S/C8H13NO3S2/c1-13-4-2-7(10)9-3-5-14-6-8(11)12/h2,4H,3,5-6H2,1H3,(H,9,10)(H,11,12)/b4-2+. The maximum Gasteiger partial charge on any atom is 0.313 e. The van der Waals surface area contributed by atoms with E-state index in [2.05, 4.69) is 5.32 Å². The van der Waals surface area contributed by atoms with Crippen molar-refractivity contribution in [3.63, 3.8) is 0 Å². The van der Waals surface area contributed by atoms with Crippen LogP contribution in [0.1, 0.15) is 0 Å². The first-order valence-corrected chi connectivity index (χ1v) is 6.37. The van der Waals surface area contributed by atoms with E-state index in [1.165, 1.54) is 29.6 Å². The van der Waals surface area contributed by atoms with E-state index in [9.17, 15) is 9.59 Å². The molecule has 14 heavy (non-hydrogen) atoms. The van der Waals surface area contributed by atoms with Crippen LogP contribution in [0.5, 0.6) is 0 Å². The van der Waals surface area contributed by atoms with E-state index in [-0.39, 0.29) is 11.7 Å². The number of aliphatic carboxylic acids is 1. The lowest BCUT2D eigenvalue weighted by Crippen LogP contribution is -2.23. The minimum absolute atomic E-state index is 0.0799. The number of hydrogen-bond donors (Lipinski definition) is 2. The van der Waals surface area contributed by atoms with Gasteiger partial charge in [-0.3, -0.25) is 9.59 Å². The summed E-state index contributed by atoms with van der Waals surface area (Å²) in [4.78, 5) is 21.1. The van der Waals surface area contributed by atoms with Gasteiger partial charge in [0, 0.05) is 18.4 Å². The average molecular weight is 235 g/mol. The maximum atomic E-state index is 11.0. The Morgan fingerprint density at radius 3 is 2.79 bits per heavy atom. The topological polar surface area (TPSA) is 66.4 Å². The third-order valence-corrected chi connectivity index (χ3v) is 2.48. The van der Waals surface area contributed by atoms with Crippen LogP contribution in [0.25, 0.3) is 0 Å². The van der Waals surface area contributed by atoms with E-state index in [4.69, 9.17) is 5.11 Å². The molecule has 4 nitrogen and oxygen atoms in total. The van der Waals surface area contributed by atoms with Gasteiger partial charge in [0.25, 0.3) is 0 Å². The molecule has 0 radical (unpaired) electrons. The molecule has 0 bridgehead atoms. The number of carbonyl (C=O) groups is 2. The zero-order valence-corrected chi connectivity index (χ0v) is 9.49. The van der Waals surface area contributed by atoms with Gasteiger partial charge in [0.1, 0.15) is 0 Å². The van der Waals surface area contributed by atoms with E-state index >= 15 is 0 Å². The van der Waals surface area contributed by atoms with Crippen LogP contribution in [0.15, 0.2) is 11.5 Å². The molecule has 0 heterocycles. The number of thioether (sulfide) groups is 2. The summed E-state index contributed by atoms with van der Waals surface area (Å²) in [5.74, 6) is -0.277. The van der Waals surface area contributed by atoms with Gasteiger partial charge in [-0.2, -0.15) is 0 Å². The van der Waals surface area contributed by atoms with Crippen molar-refractivity contribution < 1.29 is 14.7 Å². The minimum Gasteiger partial charge on any atom is -0.481 e. The lowest BCUT2D eigenvalue weighted by Gasteiger charge is -2.00. The predicted octanol–water partition coefficient (Wildman–Crippen LogP) is 0.797. The highest BCUT2D eigenvalue weighted by molar-refractivity contribution is 8.01. The molecule has 0 saturated carbocycles. The molecule has 0 fully saturated rings. The van der Waals surface area contributed by atoms with Gasteiger partial charge >= 0.3 is 5.97 Å². The summed E-state index contributed by atoms with van der Waals surface area (Å²) in [5.41, 5.74) is 0. The van der Waals surface area contributed by atoms with Gasteiger partial charge in [-0.05, 0) is 11.7 Å². The highest BCUT2D eigenvalue weighted by Crippen LogP contribution is 1.97. The Morgan fingerprint density at radius 2 is 2.21 bits per heavy atom. The van der Waals surface area contributed by atoms with Gasteiger partial charge in [-0.1, -0.05) is 0 Å². The number of carbonyl (C=O) groups excluding carboxylic acids is 1. The number of amides is 1. The molecule has 0 aliphatic rings. The second-order valence-corrected chi connectivity index (χ2v) is 4.12. The molecule has 0 aromatic heterocycles. The van der Waals surface area contributed by atoms with Gasteiger partial charge in [0.2, 0.25) is 5.91 Å². The van der Waals surface area contributed by atoms with Crippen LogP contribution in [0.2, 0.25) is 0 Å². The molecule has 0 atom stereocenters. The van der Waals surface area contributed by atoms with E-state index in [1.807, 2.05) is 6.26 Å². The Morgan fingerprint density at radius 1 is 1.50 bits per heavy atom. The Balaban J connectivity index is 3.31. The van der Waals surface area contributed by atoms with Crippen molar-refractivity contribution in [2.45, 2.75) is 0 Å². The van der Waals surface area contributed by atoms with Crippen molar-refractivity contribution in [1.82, 2.24) is 5.32 Å². The van der Waals surface area contributed by atoms with Crippen molar-refractivity contribution in [3.05, 3.63) is 11.5 Å². The highest BCUT2D eigenvalue weighted by atomic mass is 32.2. The van der Waals surface area contributed by atoms with Gasteiger partial charge < -0.3 is 10.4 Å². The molecule has 0 saturated heterocycles. The molecule has 1 amide bonds. The normalized spacial score (nSPS) is 10.4. The second kappa shape index (κ2) is 8.96. The molecule has 80 valence electrons. The van der Waals surface area contributed by atoms with Gasteiger partial charge in [0.05, 0.1) is 5.75 Å². The molecule has 0 aliphatic heterocycles. The van der Waals surface area contributed by atoms with Crippen molar-refractivity contribution >= 4 is 35.4 Å². The van der Waals surface area contributed by atoms with Crippen molar-refractivity contribution in [1.29, 1.82) is 0 Å². The van der Waals surface area contributed by atoms with E-state index in [0.29, 0.717) is 12.3 Å². The second-order valence-electron chi connectivity index (χ2n) is 2.28. The van der Waals surface area contributed by atoms with Crippen LogP contribution in [-0.2, 0) is 9.59 Å². The van der Waals surface area contributed by atoms with Crippen LogP contribution in [0, 0.1) is 0 Å². The van der Waals surface area contributed by atoms with E-state index < -0.39 is 5.97 Å². The molecular formula is C8H13NO3S2. The van der Waals surface area contributed by atoms with Crippen LogP contribution in [-0.4, -0.2) is 41.3 Å². The predicted molar refractivity (Wildman–Crippen MR) is 60.6 cm³/mol. The third-order valence-electron chi connectivity index (χ3n) is 1.13. The van der Waals surface area contributed by atoms with Crippen molar-refractivity contribution in [2.75, 3.05) is 24.3 Å². The summed E-state index contributed by atoms with van der Waals surface area (Å²) in [7, 11) is 0. The fourth-order valence-corrected chi connectivity index (χ4v) is 1.42. The number of carboxylic acid groups (broad SMARTS) is 1. The van der Waals surface area contributed by atoms with E-state index in [0.717, 1.165) is 0 Å². The van der Waals surface area contributed by atoms with Crippen LogP contribution in [0.4, 0.5) is 0 Å². The fraction of sp³-hybridized carbons (Fsp3) is 0.500. The summed E-state index contributed by atoms with van der Waals surface area (Å²) in [6.45, 7) is 0.496. The first-order valence-electron chi connectivity index (χ1n) is 3.93. The monoisotopic (exact) mass is 235 g/mol. The summed E-state index contributed by atoms with van der Waals surface area (Å²) in [6, 6.07) is 0. The smallest absolute Gasteiger partial charge is 0.313 e. The Labute approximate surface area is 91.5 Å². The summed E-state index contributed by atoms with van der Waals surface area (Å²) in [5, 5.41) is 12.6. The summed E-state index contributed by atoms with van der Waals surface area (Å²) >= 11 is 2.74. The third kappa shape index (κ3) is 9.47. The largest absolute Gasteiger partial charge is 0.481 e. The molecular weight excluding hydrogens is 222 g/mol. The molecule has 0 aromatic carbocycles. The number of rotatable bonds is 7. The Bertz CT molecular complexity index is 219. The van der Waals surface area contributed by atoms with Crippen LogP contribution < -0.4 is 5.32 Å². The molecule has 0 aliphatic carbocycles. The van der Waals surface area contributed by atoms with Gasteiger partial charge in [-0.15, -0.1) is 23.5 Å². The van der Waals surface area contributed by atoms with Crippen molar-refractivity contribution in [3.8, 4) is 0 Å². The van der Waals surface area contributed by atoms with Crippen LogP contribution in [0.3, 0.4) is 0 Å². The quantitative estimate of drug-likeness (QED) is 0.504. The molecule has 0 rings (SSSR count). The lowest BCUT2D eigenvalue weighted by atomic mass is 10.5. The SMILES string of the molecule is CS/C=C/C(=O)NCCSCC(=O)O. The molecule has 0 spiro atoms. The number of nitrogens with one attached hydrogen (secondary N) is 1. The molecule has 0 unspecified atom stereocenters. The molecule has 6 heteroatoms. The molecule has 2 N–H and O–H groups in total. The van der Waals surface area contributed by atoms with Crippen LogP contribution >= 0.6 is 23.5 Å². The Hall–Kier alpha value is -0.620. The number of hydrogen-bond acceptors (Lipinski definition) is 4. The highest BCUT2D eigenvalue weighted by Gasteiger charge is 1.97. The van der Waals surface area contributed by atoms with E-state index in [1.54, 1.807) is 5.41 Å². The first-order chi connectivity index (χ1) is 6.66. The van der Waals surface area contributed by atoms with Crippen molar-refractivity contribution in [2.24, 2.45) is 0 Å². The average Bonchev–Trinajstić information content (AvgIpc) is 2.13. The first kappa shape index (κ1) is 13.4. The Kier molecular flexibility index (Phi) is 8.56. The number of carboxylic acids is 1. The minimum atomic E-state index is -0.830. The fourth-order valence-electron chi connectivity index (χ4n) is 0.595. The summed E-state index contributed by atoms with van der Waals surface area (Å²) in [6.07, 6.45) is 3.32. The zero-order valence-electron chi connectivity index (χ0n) is 7.86. The maximum absolute atomic E-state index is 11.0. The van der Waals surface area contributed by atoms with Gasteiger partial charge in [0.15, 0.2) is 0 Å².